The summed E-state index contributed by atoms with van der Waals surface area (Å²) < 4.78 is 0. The van der Waals surface area contributed by atoms with E-state index in [1.165, 1.54) is 0 Å². The first kappa shape index (κ1) is 8.35. The lowest BCUT2D eigenvalue weighted by Crippen LogP contribution is -1.94. The summed E-state index contributed by atoms with van der Waals surface area (Å²) in [5, 5.41) is 3.45. The maximum atomic E-state index is 5.30. The molecule has 0 bridgehead atoms. The fourth-order valence-electron chi connectivity index (χ4n) is 1.05. The predicted octanol–water partition coefficient (Wildman–Crippen LogP) is 1.27. The van der Waals surface area contributed by atoms with Gasteiger partial charge in [0.25, 0.3) is 0 Å². The van der Waals surface area contributed by atoms with E-state index in [-0.39, 0.29) is 0 Å². The number of hydrogen-bond donors (Lipinski definition) is 1. The maximum absolute atomic E-state index is 5.30. The van der Waals surface area contributed by atoms with Gasteiger partial charge in [-0.05, 0) is 18.6 Å². The van der Waals surface area contributed by atoms with E-state index in [1.807, 2.05) is 25.1 Å². The lowest BCUT2D eigenvalue weighted by molar-refractivity contribution is 1.26. The summed E-state index contributed by atoms with van der Waals surface area (Å²) in [7, 11) is 0. The number of hydrazone groups is 1. The molecule has 2 heteroatoms. The molecule has 2 N–H and O–H groups in total. The molecular weight excluding hydrogens is 148 g/mol. The second kappa shape index (κ2) is 3.59. The Morgan fingerprint density at radius 2 is 2.33 bits per heavy atom. The molecular formula is C10H10N2. The standard InChI is InChI=1S/C10H10N2/c1-3-9-6-4-5-8(2)10(9)7-12-11/h1,4-7H,11H2,2H3/b12-7-. The van der Waals surface area contributed by atoms with Crippen LogP contribution in [0.5, 0.6) is 0 Å². The van der Waals surface area contributed by atoms with Gasteiger partial charge in [-0.1, -0.05) is 18.1 Å². The monoisotopic (exact) mass is 158 g/mol. The second-order valence-electron chi connectivity index (χ2n) is 2.46. The van der Waals surface area contributed by atoms with Crippen molar-refractivity contribution in [3.63, 3.8) is 0 Å². The third-order valence-corrected chi connectivity index (χ3v) is 1.68. The highest BCUT2D eigenvalue weighted by molar-refractivity contribution is 5.85. The molecule has 2 nitrogen and oxygen atoms in total. The zero-order chi connectivity index (χ0) is 8.97. The minimum absolute atomic E-state index is 0.823. The van der Waals surface area contributed by atoms with Gasteiger partial charge in [0, 0.05) is 11.1 Å². The summed E-state index contributed by atoms with van der Waals surface area (Å²) in [5.74, 6) is 7.63. The molecule has 0 saturated heterocycles. The smallest absolute Gasteiger partial charge is 0.0553 e. The van der Waals surface area contributed by atoms with Crippen LogP contribution in [0.2, 0.25) is 0 Å². The van der Waals surface area contributed by atoms with Crippen LogP contribution in [0.25, 0.3) is 0 Å². The molecule has 0 fully saturated rings. The van der Waals surface area contributed by atoms with Gasteiger partial charge in [-0.3, -0.25) is 0 Å². The van der Waals surface area contributed by atoms with Gasteiger partial charge < -0.3 is 5.84 Å². The van der Waals surface area contributed by atoms with Crippen LogP contribution in [-0.4, -0.2) is 6.21 Å². The van der Waals surface area contributed by atoms with Gasteiger partial charge in [-0.15, -0.1) is 6.42 Å². The molecule has 12 heavy (non-hydrogen) atoms. The first-order valence-corrected chi connectivity index (χ1v) is 3.59. The summed E-state index contributed by atoms with van der Waals surface area (Å²) in [6.45, 7) is 1.97. The summed E-state index contributed by atoms with van der Waals surface area (Å²) in [6.07, 6.45) is 6.87. The first-order valence-electron chi connectivity index (χ1n) is 3.59. The Bertz CT molecular complexity index is 345. The number of hydrogen-bond acceptors (Lipinski definition) is 2. The molecule has 0 heterocycles. The molecule has 1 aromatic carbocycles. The average molecular weight is 158 g/mol. The van der Waals surface area contributed by atoms with Gasteiger partial charge in [0.1, 0.15) is 0 Å². The Kier molecular flexibility index (Phi) is 2.49. The number of aryl methyl sites for hydroxylation is 1. The van der Waals surface area contributed by atoms with Crippen molar-refractivity contribution in [2.45, 2.75) is 6.92 Å². The largest absolute Gasteiger partial charge is 0.323 e. The van der Waals surface area contributed by atoms with Crippen LogP contribution in [0.4, 0.5) is 0 Å². The average Bonchev–Trinajstić information content (AvgIpc) is 2.09. The van der Waals surface area contributed by atoms with Gasteiger partial charge in [-0.2, -0.15) is 5.10 Å². The fourth-order valence-corrected chi connectivity index (χ4v) is 1.05. The molecule has 0 radical (unpaired) electrons. The quantitative estimate of drug-likeness (QED) is 0.284. The maximum Gasteiger partial charge on any atom is 0.0553 e. The van der Waals surface area contributed by atoms with Crippen molar-refractivity contribution in [3.05, 3.63) is 34.9 Å². The van der Waals surface area contributed by atoms with Crippen molar-refractivity contribution in [3.8, 4) is 12.3 Å². The summed E-state index contributed by atoms with van der Waals surface area (Å²) in [6, 6.07) is 5.75. The van der Waals surface area contributed by atoms with E-state index in [1.54, 1.807) is 6.21 Å². The normalized spacial score (nSPS) is 10.0. The summed E-state index contributed by atoms with van der Waals surface area (Å²) >= 11 is 0. The zero-order valence-electron chi connectivity index (χ0n) is 6.91. The molecule has 0 aromatic heterocycles. The number of rotatable bonds is 1. The number of nitrogens with zero attached hydrogens (tertiary/aromatic N) is 1. The van der Waals surface area contributed by atoms with Crippen LogP contribution in [0.3, 0.4) is 0 Å². The lowest BCUT2D eigenvalue weighted by Gasteiger charge is -2.01. The van der Waals surface area contributed by atoms with Gasteiger partial charge in [0.2, 0.25) is 0 Å². The van der Waals surface area contributed by atoms with E-state index >= 15 is 0 Å². The first-order chi connectivity index (χ1) is 5.79. The minimum Gasteiger partial charge on any atom is -0.323 e. The molecule has 0 spiro atoms. The molecule has 0 saturated carbocycles. The van der Waals surface area contributed by atoms with Gasteiger partial charge in [0.05, 0.1) is 6.21 Å². The topological polar surface area (TPSA) is 38.4 Å². The van der Waals surface area contributed by atoms with Crippen molar-refractivity contribution in [2.24, 2.45) is 10.9 Å². The van der Waals surface area contributed by atoms with E-state index in [9.17, 15) is 0 Å². The molecule has 1 rings (SSSR count). The summed E-state index contributed by atoms with van der Waals surface area (Å²) in [4.78, 5) is 0. The molecule has 60 valence electrons. The molecule has 0 unspecified atom stereocenters. The molecule has 0 aliphatic carbocycles. The van der Waals surface area contributed by atoms with Crippen LogP contribution in [-0.2, 0) is 0 Å². The van der Waals surface area contributed by atoms with Gasteiger partial charge in [0.15, 0.2) is 0 Å². The Balaban J connectivity index is 3.32. The van der Waals surface area contributed by atoms with E-state index < -0.39 is 0 Å². The van der Waals surface area contributed by atoms with Crippen molar-refractivity contribution < 1.29 is 0 Å². The van der Waals surface area contributed by atoms with E-state index in [4.69, 9.17) is 12.3 Å². The molecule has 0 aliphatic rings. The van der Waals surface area contributed by atoms with Crippen molar-refractivity contribution in [1.82, 2.24) is 0 Å². The van der Waals surface area contributed by atoms with Crippen LogP contribution in [0.15, 0.2) is 23.3 Å². The van der Waals surface area contributed by atoms with Crippen molar-refractivity contribution >= 4 is 6.21 Å². The van der Waals surface area contributed by atoms with Crippen LogP contribution >= 0.6 is 0 Å². The van der Waals surface area contributed by atoms with Crippen LogP contribution < -0.4 is 5.84 Å². The summed E-state index contributed by atoms with van der Waals surface area (Å²) in [5.41, 5.74) is 2.83. The number of nitrogens with two attached hydrogens (primary N) is 1. The van der Waals surface area contributed by atoms with Crippen molar-refractivity contribution in [2.75, 3.05) is 0 Å². The highest BCUT2D eigenvalue weighted by Crippen LogP contribution is 2.10. The third-order valence-electron chi connectivity index (χ3n) is 1.68. The Morgan fingerprint density at radius 1 is 1.58 bits per heavy atom. The minimum atomic E-state index is 0.823. The zero-order valence-corrected chi connectivity index (χ0v) is 6.91. The van der Waals surface area contributed by atoms with Crippen molar-refractivity contribution in [1.29, 1.82) is 0 Å². The van der Waals surface area contributed by atoms with Gasteiger partial charge >= 0.3 is 0 Å². The van der Waals surface area contributed by atoms with E-state index in [2.05, 4.69) is 11.0 Å². The van der Waals surface area contributed by atoms with Crippen LogP contribution in [0, 0.1) is 19.3 Å². The highest BCUT2D eigenvalue weighted by Gasteiger charge is 1.99. The van der Waals surface area contributed by atoms with E-state index in [0.29, 0.717) is 0 Å². The Morgan fingerprint density at radius 3 is 2.92 bits per heavy atom. The third kappa shape index (κ3) is 1.46. The van der Waals surface area contributed by atoms with E-state index in [0.717, 1.165) is 16.7 Å². The Hall–Kier alpha value is -1.75. The molecule has 0 aliphatic heterocycles. The highest BCUT2D eigenvalue weighted by atomic mass is 15.1. The predicted molar refractivity (Wildman–Crippen MR) is 50.9 cm³/mol. The number of benzene rings is 1. The fraction of sp³-hybridized carbons (Fsp3) is 0.100. The lowest BCUT2D eigenvalue weighted by atomic mass is 10.0. The number of terminal acetylenes is 1. The molecule has 0 atom stereocenters. The van der Waals surface area contributed by atoms with Crippen LogP contribution in [0.1, 0.15) is 16.7 Å². The van der Waals surface area contributed by atoms with Gasteiger partial charge in [-0.25, -0.2) is 0 Å². The Labute approximate surface area is 72.1 Å². The molecule has 0 amide bonds. The SMILES string of the molecule is C#Cc1cccc(C)c1/C=N\N. The second-order valence-corrected chi connectivity index (χ2v) is 2.46. The molecule has 1 aromatic rings.